The molecule has 0 N–H and O–H groups in total. The van der Waals surface area contributed by atoms with E-state index in [1.165, 1.54) is 16.7 Å². The summed E-state index contributed by atoms with van der Waals surface area (Å²) in [6.45, 7) is 10.8. The number of ether oxygens (including phenoxy) is 1. The first-order chi connectivity index (χ1) is 17.9. The van der Waals surface area contributed by atoms with Gasteiger partial charge in [-0.15, -0.1) is 0 Å². The monoisotopic (exact) mass is 488 g/mol. The molecule has 0 saturated carbocycles. The van der Waals surface area contributed by atoms with E-state index in [1.54, 1.807) is 0 Å². The molecule has 0 bridgehead atoms. The molecular weight excluding hydrogens is 456 g/mol. The summed E-state index contributed by atoms with van der Waals surface area (Å²) in [7, 11) is 0. The molecule has 1 aromatic heterocycles. The molecule has 186 valence electrons. The van der Waals surface area contributed by atoms with E-state index in [1.807, 2.05) is 67.6 Å². The summed E-state index contributed by atoms with van der Waals surface area (Å²) in [5.41, 5.74) is 9.92. The Hall–Kier alpha value is -4.11. The van der Waals surface area contributed by atoms with E-state index >= 15 is 0 Å². The smallest absolute Gasteiger partial charge is 0.342 e. The van der Waals surface area contributed by atoms with Gasteiger partial charge < -0.3 is 9.15 Å². The third-order valence-electron chi connectivity index (χ3n) is 6.95. The average Bonchev–Trinajstić information content (AvgIpc) is 3.39. The number of hydrogen-bond donors (Lipinski definition) is 0. The van der Waals surface area contributed by atoms with Crippen molar-refractivity contribution in [2.24, 2.45) is 0 Å². The number of hydrogen-bond acceptors (Lipinski definition) is 3. The van der Waals surface area contributed by atoms with E-state index in [2.05, 4.69) is 52.0 Å². The van der Waals surface area contributed by atoms with Crippen LogP contribution in [0.5, 0.6) is 0 Å². The third kappa shape index (κ3) is 4.46. The third-order valence-corrected chi connectivity index (χ3v) is 6.95. The van der Waals surface area contributed by atoms with Crippen molar-refractivity contribution >= 4 is 5.97 Å². The van der Waals surface area contributed by atoms with Gasteiger partial charge in [0.25, 0.3) is 0 Å². The molecule has 0 amide bonds. The molecule has 5 rings (SSSR count). The van der Waals surface area contributed by atoms with Crippen molar-refractivity contribution in [3.63, 3.8) is 0 Å². The van der Waals surface area contributed by atoms with Gasteiger partial charge in [-0.25, -0.2) is 4.79 Å². The summed E-state index contributed by atoms with van der Waals surface area (Å²) in [6.07, 6.45) is 0. The Morgan fingerprint density at radius 2 is 1.38 bits per heavy atom. The van der Waals surface area contributed by atoms with Crippen molar-refractivity contribution in [1.29, 1.82) is 0 Å². The minimum Gasteiger partial charge on any atom is -0.462 e. The fraction of sp³-hybridized carbons (Fsp3) is 0.206. The first-order valence-electron chi connectivity index (χ1n) is 12.9. The molecule has 2 aliphatic carbocycles. The molecule has 1 heterocycles. The highest BCUT2D eigenvalue weighted by Gasteiger charge is 2.32. The largest absolute Gasteiger partial charge is 0.462 e. The second-order valence-electron chi connectivity index (χ2n) is 9.81. The van der Waals surface area contributed by atoms with E-state index < -0.39 is 0 Å². The highest BCUT2D eigenvalue weighted by atomic mass is 16.5. The Kier molecular flexibility index (Phi) is 6.71. The van der Waals surface area contributed by atoms with Crippen LogP contribution in [0.1, 0.15) is 53.7 Å². The van der Waals surface area contributed by atoms with Gasteiger partial charge >= 0.3 is 5.97 Å². The first-order valence-corrected chi connectivity index (χ1v) is 12.9. The Balaban J connectivity index is 1.90. The number of rotatable bonds is 6. The highest BCUT2D eigenvalue weighted by Crippen LogP contribution is 2.49. The van der Waals surface area contributed by atoms with Crippen molar-refractivity contribution in [3.8, 4) is 44.9 Å². The fourth-order valence-electron chi connectivity index (χ4n) is 5.07. The van der Waals surface area contributed by atoms with Gasteiger partial charge in [-0.3, -0.25) is 0 Å². The van der Waals surface area contributed by atoms with Crippen LogP contribution in [0.3, 0.4) is 0 Å². The highest BCUT2D eigenvalue weighted by molar-refractivity contribution is 6.09. The number of fused-ring (bicyclic) bond motifs is 1. The summed E-state index contributed by atoms with van der Waals surface area (Å²) in [5, 5.41) is 0. The maximum absolute atomic E-state index is 13.6. The molecular formula is C34H32O3. The van der Waals surface area contributed by atoms with Crippen molar-refractivity contribution in [1.82, 2.24) is 0 Å². The summed E-state index contributed by atoms with van der Waals surface area (Å²) in [4.78, 5) is 13.6. The standard InChI is InChI=1S/C34H32O3/c1-6-36-34(35)31-30(28-19-23(5)27-20-26(21(2)3)18-17-22(4)29(27)28)32(24-13-9-7-10-14-24)37-33(31)25-15-11-8-12-16-25/h7-21H,6H2,1-5H3. The van der Waals surface area contributed by atoms with Gasteiger partial charge in [0.2, 0.25) is 0 Å². The predicted octanol–water partition coefficient (Wildman–Crippen LogP) is 9.30. The zero-order valence-corrected chi connectivity index (χ0v) is 22.1. The van der Waals surface area contributed by atoms with Gasteiger partial charge in [-0.1, -0.05) is 98.8 Å². The maximum Gasteiger partial charge on any atom is 0.342 e. The van der Waals surface area contributed by atoms with Gasteiger partial charge in [0, 0.05) is 16.7 Å². The molecule has 3 nitrogen and oxygen atoms in total. The van der Waals surface area contributed by atoms with Crippen molar-refractivity contribution < 1.29 is 13.9 Å². The molecule has 3 aromatic rings. The summed E-state index contributed by atoms with van der Waals surface area (Å²) >= 11 is 0. The van der Waals surface area contributed by atoms with Gasteiger partial charge in [-0.2, -0.15) is 0 Å². The quantitative estimate of drug-likeness (QED) is 0.224. The van der Waals surface area contributed by atoms with Crippen LogP contribution in [-0.4, -0.2) is 12.6 Å². The Bertz CT molecular complexity index is 1520. The van der Waals surface area contributed by atoms with Crippen LogP contribution in [0.15, 0.2) is 89.3 Å². The number of carbonyl (C=O) groups excluding carboxylic acids is 1. The lowest BCUT2D eigenvalue weighted by Crippen LogP contribution is -2.06. The molecule has 3 heteroatoms. The zero-order chi connectivity index (χ0) is 26.1. The van der Waals surface area contributed by atoms with Gasteiger partial charge in [0.15, 0.2) is 0 Å². The van der Waals surface area contributed by atoms with Crippen LogP contribution in [0.2, 0.25) is 0 Å². The summed E-state index contributed by atoms with van der Waals surface area (Å²) in [6, 6.07) is 28.7. The Labute approximate surface area is 219 Å². The number of esters is 1. The fourth-order valence-corrected chi connectivity index (χ4v) is 5.07. The maximum atomic E-state index is 13.6. The van der Waals surface area contributed by atoms with Gasteiger partial charge in [0.1, 0.15) is 17.1 Å². The molecule has 0 fully saturated rings. The minimum atomic E-state index is -0.380. The SMILES string of the molecule is CCOC(=O)c1c(-c2ccccc2)oc(-c2ccccc2)c1-c1cc(C)c2cc(C(C)C)ccc(C)c1-2. The summed E-state index contributed by atoms with van der Waals surface area (Å²) < 4.78 is 12.2. The van der Waals surface area contributed by atoms with Crippen LogP contribution in [-0.2, 0) is 4.74 Å². The molecule has 0 radical (unpaired) electrons. The van der Waals surface area contributed by atoms with Crippen LogP contribution in [0, 0.1) is 13.8 Å². The van der Waals surface area contributed by atoms with E-state index in [4.69, 9.17) is 9.15 Å². The second kappa shape index (κ2) is 10.1. The Morgan fingerprint density at radius 1 is 0.757 bits per heavy atom. The Morgan fingerprint density at radius 3 is 1.97 bits per heavy atom. The lowest BCUT2D eigenvalue weighted by Gasteiger charge is -2.10. The number of furan rings is 1. The van der Waals surface area contributed by atoms with Gasteiger partial charge in [0.05, 0.1) is 6.61 Å². The molecule has 0 unspecified atom stereocenters. The van der Waals surface area contributed by atoms with E-state index in [-0.39, 0.29) is 12.6 Å². The zero-order valence-electron chi connectivity index (χ0n) is 22.1. The lowest BCUT2D eigenvalue weighted by atomic mass is 9.92. The minimum absolute atomic E-state index is 0.283. The van der Waals surface area contributed by atoms with E-state index in [9.17, 15) is 4.79 Å². The predicted molar refractivity (Wildman–Crippen MR) is 151 cm³/mol. The number of aryl methyl sites for hydroxylation is 2. The van der Waals surface area contributed by atoms with Gasteiger partial charge in [-0.05, 0) is 60.1 Å². The van der Waals surface area contributed by atoms with Crippen LogP contribution < -0.4 is 0 Å². The lowest BCUT2D eigenvalue weighted by molar-refractivity contribution is 0.0527. The first kappa shape index (κ1) is 24.6. The second-order valence-corrected chi connectivity index (χ2v) is 9.81. The van der Waals surface area contributed by atoms with E-state index in [0.29, 0.717) is 23.0 Å². The topological polar surface area (TPSA) is 39.4 Å². The molecule has 37 heavy (non-hydrogen) atoms. The van der Waals surface area contributed by atoms with Crippen molar-refractivity contribution in [2.45, 2.75) is 40.5 Å². The van der Waals surface area contributed by atoms with Crippen LogP contribution >= 0.6 is 0 Å². The van der Waals surface area contributed by atoms with Crippen molar-refractivity contribution in [2.75, 3.05) is 6.61 Å². The summed E-state index contributed by atoms with van der Waals surface area (Å²) in [5.74, 6) is 1.22. The average molecular weight is 489 g/mol. The molecule has 2 aliphatic rings. The molecule has 0 saturated heterocycles. The number of carbonyl (C=O) groups is 1. The molecule has 0 spiro atoms. The van der Waals surface area contributed by atoms with Crippen LogP contribution in [0.4, 0.5) is 0 Å². The van der Waals surface area contributed by atoms with Crippen molar-refractivity contribution in [3.05, 3.63) is 107 Å². The van der Waals surface area contributed by atoms with Crippen LogP contribution in [0.25, 0.3) is 44.9 Å². The molecule has 2 aromatic carbocycles. The molecule has 0 aliphatic heterocycles. The number of benzene rings is 2. The molecule has 0 atom stereocenters. The normalized spacial score (nSPS) is 11.3. The van der Waals surface area contributed by atoms with E-state index in [0.717, 1.165) is 33.4 Å².